The molecule has 0 heterocycles. The fourth-order valence-electron chi connectivity index (χ4n) is 2.87. The highest BCUT2D eigenvalue weighted by Gasteiger charge is 2.53. The Morgan fingerprint density at radius 1 is 1.15 bits per heavy atom. The van der Waals surface area contributed by atoms with E-state index in [1.807, 2.05) is 5.32 Å². The van der Waals surface area contributed by atoms with Gasteiger partial charge in [0.15, 0.2) is 0 Å². The Hall–Kier alpha value is -1.43. The van der Waals surface area contributed by atoms with Gasteiger partial charge in [0, 0.05) is 0 Å². The Kier molecular flexibility index (Phi) is 8.25. The van der Waals surface area contributed by atoms with E-state index in [2.05, 4.69) is 4.74 Å². The molecule has 0 aromatic carbocycles. The molecule has 0 aromatic rings. The summed E-state index contributed by atoms with van der Waals surface area (Å²) in [6.07, 6.45) is -1.22. The average Bonchev–Trinajstić information content (AvgIpc) is 2.59. The second-order valence-corrected chi connectivity index (χ2v) is 6.47. The van der Waals surface area contributed by atoms with Crippen LogP contribution in [-0.2, 0) is 14.3 Å². The van der Waals surface area contributed by atoms with Gasteiger partial charge in [-0.15, -0.1) is 0 Å². The van der Waals surface area contributed by atoms with Gasteiger partial charge in [-0.2, -0.15) is 13.2 Å². The lowest BCUT2D eigenvalue weighted by Gasteiger charge is -2.35. The number of aliphatic hydroxyl groups is 3. The van der Waals surface area contributed by atoms with Crippen molar-refractivity contribution < 1.29 is 42.8 Å². The number of nitrogens with one attached hydrogen (secondary N) is 1. The molecule has 0 unspecified atom stereocenters. The molecule has 0 aromatic heterocycles. The quantitative estimate of drug-likeness (QED) is 0.281. The third kappa shape index (κ3) is 6.08. The smallest absolute Gasteiger partial charge is 0.415 e. The van der Waals surface area contributed by atoms with Crippen LogP contribution in [0.2, 0.25) is 0 Å². The molecule has 0 saturated heterocycles. The summed E-state index contributed by atoms with van der Waals surface area (Å²) in [5.74, 6) is -7.62. The number of carbonyl (C=O) groups is 2. The molecule has 1 aliphatic carbocycles. The molecule has 26 heavy (non-hydrogen) atoms. The molecule has 0 aliphatic heterocycles. The molecule has 1 saturated carbocycles. The molecule has 152 valence electrons. The van der Waals surface area contributed by atoms with Crippen LogP contribution >= 0.6 is 0 Å². The molecule has 6 N–H and O–H groups in total. The van der Waals surface area contributed by atoms with Gasteiger partial charge in [0.2, 0.25) is 0 Å². The molecule has 1 rings (SSSR count). The zero-order valence-corrected chi connectivity index (χ0v) is 14.2. The van der Waals surface area contributed by atoms with E-state index in [0.717, 1.165) is 32.1 Å². The minimum atomic E-state index is -5.44. The number of nitrogens with two attached hydrogens (primary N) is 1. The number of esters is 1. The minimum Gasteiger partial charge on any atom is -0.415 e. The molecule has 0 bridgehead atoms. The van der Waals surface area contributed by atoms with Crippen molar-refractivity contribution in [3.8, 4) is 0 Å². The maximum Gasteiger partial charge on any atom is 0.491 e. The fraction of sp³-hybridized carbons (Fsp3) is 0.867. The van der Waals surface area contributed by atoms with Gasteiger partial charge in [-0.3, -0.25) is 4.79 Å². The summed E-state index contributed by atoms with van der Waals surface area (Å²) in [6.45, 7) is -1.49. The molecule has 0 spiro atoms. The number of ether oxygens (including phenoxy) is 1. The molecule has 1 aliphatic rings. The summed E-state index contributed by atoms with van der Waals surface area (Å²) in [5.41, 5.74) is 5.75. The van der Waals surface area contributed by atoms with Crippen molar-refractivity contribution in [2.24, 2.45) is 11.7 Å². The van der Waals surface area contributed by atoms with Gasteiger partial charge in [-0.05, 0) is 12.3 Å². The standard InChI is InChI=1S/C15H25F3N2O6/c16-15(17,18)13(24)26-14(25,12(23)20-10(7-21)8-22)11(19)6-9-4-2-1-3-5-9/h9-11,21-22,25H,1-8,19H2,(H,20,23)/t11-,14-/m1/s1. The SMILES string of the molecule is N[C@H](CC1CCCCC1)[C@@](O)(OC(=O)C(F)(F)F)C(=O)NC(CO)CO. The first-order chi connectivity index (χ1) is 12.0. The number of hydrogen-bond acceptors (Lipinski definition) is 7. The zero-order chi connectivity index (χ0) is 20.0. The number of alkyl halides is 3. The molecule has 2 atom stereocenters. The normalized spacial score (nSPS) is 19.7. The summed E-state index contributed by atoms with van der Waals surface area (Å²) in [6, 6.07) is -2.88. The average molecular weight is 386 g/mol. The second kappa shape index (κ2) is 9.49. The van der Waals surface area contributed by atoms with E-state index in [-0.39, 0.29) is 12.3 Å². The maximum absolute atomic E-state index is 12.5. The first-order valence-corrected chi connectivity index (χ1v) is 8.35. The van der Waals surface area contributed by atoms with Gasteiger partial charge in [-0.25, -0.2) is 4.79 Å². The Bertz CT molecular complexity index is 480. The van der Waals surface area contributed by atoms with E-state index in [0.29, 0.717) is 0 Å². The van der Waals surface area contributed by atoms with Gasteiger partial charge >= 0.3 is 17.9 Å². The van der Waals surface area contributed by atoms with Crippen LogP contribution < -0.4 is 11.1 Å². The lowest BCUT2D eigenvalue weighted by atomic mass is 9.83. The van der Waals surface area contributed by atoms with Gasteiger partial charge in [0.1, 0.15) is 0 Å². The van der Waals surface area contributed by atoms with Crippen molar-refractivity contribution in [1.82, 2.24) is 5.32 Å². The highest BCUT2D eigenvalue weighted by atomic mass is 19.4. The maximum atomic E-state index is 12.5. The van der Waals surface area contributed by atoms with E-state index >= 15 is 0 Å². The van der Waals surface area contributed by atoms with Crippen molar-refractivity contribution in [2.45, 2.75) is 62.6 Å². The number of halogens is 3. The minimum absolute atomic E-state index is 0.0298. The molecule has 0 radical (unpaired) electrons. The van der Waals surface area contributed by atoms with Crippen molar-refractivity contribution in [3.05, 3.63) is 0 Å². The van der Waals surface area contributed by atoms with Crippen molar-refractivity contribution in [1.29, 1.82) is 0 Å². The number of aliphatic hydroxyl groups excluding tert-OH is 2. The lowest BCUT2D eigenvalue weighted by Crippen LogP contribution is -2.64. The fourth-order valence-corrected chi connectivity index (χ4v) is 2.87. The first-order valence-electron chi connectivity index (χ1n) is 8.35. The van der Waals surface area contributed by atoms with Crippen molar-refractivity contribution in [3.63, 3.8) is 0 Å². The topological polar surface area (TPSA) is 142 Å². The van der Waals surface area contributed by atoms with E-state index in [4.69, 9.17) is 15.9 Å². The Labute approximate surface area is 148 Å². The van der Waals surface area contributed by atoms with Gasteiger partial charge < -0.3 is 31.1 Å². The van der Waals surface area contributed by atoms with Gasteiger partial charge in [0.25, 0.3) is 5.91 Å². The number of amides is 1. The van der Waals surface area contributed by atoms with Crippen LogP contribution in [0, 0.1) is 5.92 Å². The van der Waals surface area contributed by atoms with Crippen LogP contribution in [0.1, 0.15) is 38.5 Å². The predicted octanol–water partition coefficient (Wildman–Crippen LogP) is -0.452. The lowest BCUT2D eigenvalue weighted by molar-refractivity contribution is -0.249. The monoisotopic (exact) mass is 386 g/mol. The highest BCUT2D eigenvalue weighted by molar-refractivity contribution is 5.88. The zero-order valence-electron chi connectivity index (χ0n) is 14.2. The number of rotatable bonds is 8. The summed E-state index contributed by atoms with van der Waals surface area (Å²) in [5, 5.41) is 30.3. The Balaban J connectivity index is 2.97. The van der Waals surface area contributed by atoms with E-state index < -0.39 is 49.1 Å². The van der Waals surface area contributed by atoms with Crippen LogP contribution in [0.5, 0.6) is 0 Å². The number of hydrogen-bond donors (Lipinski definition) is 5. The first kappa shape index (κ1) is 22.6. The summed E-state index contributed by atoms with van der Waals surface area (Å²) >= 11 is 0. The van der Waals surface area contributed by atoms with Crippen LogP contribution in [0.4, 0.5) is 13.2 Å². The molecular weight excluding hydrogens is 361 g/mol. The van der Waals surface area contributed by atoms with Crippen molar-refractivity contribution >= 4 is 11.9 Å². The third-order valence-electron chi connectivity index (χ3n) is 4.40. The van der Waals surface area contributed by atoms with Gasteiger partial charge in [0.05, 0.1) is 25.3 Å². The Morgan fingerprint density at radius 2 is 1.69 bits per heavy atom. The largest absolute Gasteiger partial charge is 0.491 e. The Morgan fingerprint density at radius 3 is 2.15 bits per heavy atom. The summed E-state index contributed by atoms with van der Waals surface area (Å²) in [7, 11) is 0. The van der Waals surface area contributed by atoms with Crippen LogP contribution in [0.15, 0.2) is 0 Å². The molecule has 11 heteroatoms. The number of carbonyl (C=O) groups excluding carboxylic acids is 2. The van der Waals surface area contributed by atoms with Crippen LogP contribution in [-0.4, -0.2) is 64.5 Å². The summed E-state index contributed by atoms with van der Waals surface area (Å²) in [4.78, 5) is 23.4. The van der Waals surface area contributed by atoms with E-state index in [1.165, 1.54) is 0 Å². The molecular formula is C15H25F3N2O6. The van der Waals surface area contributed by atoms with Crippen LogP contribution in [0.3, 0.4) is 0 Å². The van der Waals surface area contributed by atoms with Crippen molar-refractivity contribution in [2.75, 3.05) is 13.2 Å². The predicted molar refractivity (Wildman–Crippen MR) is 82.4 cm³/mol. The highest BCUT2D eigenvalue weighted by Crippen LogP contribution is 2.31. The molecule has 1 fully saturated rings. The van der Waals surface area contributed by atoms with E-state index in [9.17, 15) is 27.9 Å². The molecule has 8 nitrogen and oxygen atoms in total. The summed E-state index contributed by atoms with van der Waals surface area (Å²) < 4.78 is 41.6. The van der Waals surface area contributed by atoms with Crippen LogP contribution in [0.25, 0.3) is 0 Å². The second-order valence-electron chi connectivity index (χ2n) is 6.47. The molecule has 1 amide bonds. The third-order valence-corrected chi connectivity index (χ3v) is 4.40. The van der Waals surface area contributed by atoms with Gasteiger partial charge in [-0.1, -0.05) is 32.1 Å². The van der Waals surface area contributed by atoms with E-state index in [1.54, 1.807) is 0 Å².